The summed E-state index contributed by atoms with van der Waals surface area (Å²) < 4.78 is 40.1. The van der Waals surface area contributed by atoms with Crippen molar-refractivity contribution >= 4 is 23.5 Å². The minimum absolute atomic E-state index is 0.111. The molecule has 4 nitrogen and oxygen atoms in total. The van der Waals surface area contributed by atoms with Gasteiger partial charge in [0.1, 0.15) is 5.82 Å². The van der Waals surface area contributed by atoms with Crippen LogP contribution in [-0.4, -0.2) is 17.0 Å². The zero-order valence-electron chi connectivity index (χ0n) is 13.9. The Labute approximate surface area is 158 Å². The van der Waals surface area contributed by atoms with Gasteiger partial charge in [0.25, 0.3) is 0 Å². The minimum atomic E-state index is -1.16. The third-order valence-corrected chi connectivity index (χ3v) is 4.85. The largest absolute Gasteiger partial charge is 0.481 e. The quantitative estimate of drug-likeness (QED) is 0.768. The molecule has 1 amide bonds. The number of rotatable bonds is 6. The molecule has 0 bridgehead atoms. The second-order valence-corrected chi connectivity index (χ2v) is 6.86. The smallest absolute Gasteiger partial charge is 0.305 e. The zero-order chi connectivity index (χ0) is 19.7. The van der Waals surface area contributed by atoms with E-state index in [4.69, 9.17) is 16.7 Å². The first-order valence-corrected chi connectivity index (χ1v) is 8.56. The predicted molar refractivity (Wildman–Crippen MR) is 91.8 cm³/mol. The lowest BCUT2D eigenvalue weighted by Crippen LogP contribution is -2.31. The van der Waals surface area contributed by atoms with Crippen LogP contribution in [0.2, 0.25) is 5.02 Å². The fraction of sp³-hybridized carbons (Fsp3) is 0.263. The van der Waals surface area contributed by atoms with Crippen molar-refractivity contribution in [2.24, 2.45) is 5.92 Å². The first-order valence-electron chi connectivity index (χ1n) is 8.18. The number of hydrogen-bond donors (Lipinski definition) is 2. The normalized spacial score (nSPS) is 19.4. The fourth-order valence-corrected chi connectivity index (χ4v) is 3.15. The molecule has 2 aromatic carbocycles. The number of amides is 1. The number of benzene rings is 2. The lowest BCUT2D eigenvalue weighted by Gasteiger charge is -2.18. The molecule has 3 unspecified atom stereocenters. The van der Waals surface area contributed by atoms with Gasteiger partial charge in [-0.3, -0.25) is 9.59 Å². The molecule has 0 radical (unpaired) electrons. The highest BCUT2D eigenvalue weighted by Gasteiger charge is 2.44. The lowest BCUT2D eigenvalue weighted by molar-refractivity contribution is -0.137. The van der Waals surface area contributed by atoms with Crippen LogP contribution >= 0.6 is 11.6 Å². The third-order valence-electron chi connectivity index (χ3n) is 4.54. The van der Waals surface area contributed by atoms with E-state index in [0.29, 0.717) is 12.0 Å². The van der Waals surface area contributed by atoms with Gasteiger partial charge in [-0.05, 0) is 47.7 Å². The highest BCUT2D eigenvalue weighted by Crippen LogP contribution is 2.48. The Kier molecular flexibility index (Phi) is 5.41. The van der Waals surface area contributed by atoms with Crippen molar-refractivity contribution in [3.8, 4) is 0 Å². The Balaban J connectivity index is 1.72. The summed E-state index contributed by atoms with van der Waals surface area (Å²) in [5.74, 6) is -5.01. The molecule has 3 rings (SSSR count). The van der Waals surface area contributed by atoms with Crippen LogP contribution in [0.5, 0.6) is 0 Å². The highest BCUT2D eigenvalue weighted by molar-refractivity contribution is 6.30. The van der Waals surface area contributed by atoms with Crippen molar-refractivity contribution in [3.63, 3.8) is 0 Å². The molecular formula is C19H15ClF3NO3. The molecule has 142 valence electrons. The summed E-state index contributed by atoms with van der Waals surface area (Å²) in [5.41, 5.74) is 0.777. The molecule has 0 spiro atoms. The summed E-state index contributed by atoms with van der Waals surface area (Å²) in [6, 6.07) is 6.34. The second kappa shape index (κ2) is 7.60. The summed E-state index contributed by atoms with van der Waals surface area (Å²) in [7, 11) is 0. The van der Waals surface area contributed by atoms with E-state index in [1.165, 1.54) is 18.2 Å². The average molecular weight is 398 g/mol. The summed E-state index contributed by atoms with van der Waals surface area (Å²) in [6.45, 7) is 0. The number of carboxylic acid groups (broad SMARTS) is 1. The van der Waals surface area contributed by atoms with E-state index in [2.05, 4.69) is 5.32 Å². The number of carboxylic acids is 1. The van der Waals surface area contributed by atoms with Crippen LogP contribution in [-0.2, 0) is 9.59 Å². The van der Waals surface area contributed by atoms with Crippen LogP contribution in [0.15, 0.2) is 36.4 Å². The Hall–Kier alpha value is -2.54. The maximum absolute atomic E-state index is 13.7. The Bertz CT molecular complexity index is 906. The van der Waals surface area contributed by atoms with E-state index in [9.17, 15) is 22.8 Å². The van der Waals surface area contributed by atoms with Crippen molar-refractivity contribution in [2.75, 3.05) is 0 Å². The first kappa shape index (κ1) is 19.2. The number of halogens is 4. The van der Waals surface area contributed by atoms with Crippen molar-refractivity contribution in [1.29, 1.82) is 0 Å². The maximum Gasteiger partial charge on any atom is 0.305 e. The van der Waals surface area contributed by atoms with Gasteiger partial charge in [-0.1, -0.05) is 23.7 Å². The zero-order valence-corrected chi connectivity index (χ0v) is 14.6. The highest BCUT2D eigenvalue weighted by atomic mass is 35.5. The van der Waals surface area contributed by atoms with E-state index in [0.717, 1.165) is 18.2 Å². The van der Waals surface area contributed by atoms with Crippen molar-refractivity contribution < 1.29 is 27.9 Å². The summed E-state index contributed by atoms with van der Waals surface area (Å²) in [6.07, 6.45) is 0.00104. The van der Waals surface area contributed by atoms with Gasteiger partial charge in [0.2, 0.25) is 5.91 Å². The van der Waals surface area contributed by atoms with Crippen LogP contribution in [0.25, 0.3) is 0 Å². The molecule has 1 fully saturated rings. The molecule has 1 aliphatic rings. The van der Waals surface area contributed by atoms with Gasteiger partial charge in [-0.15, -0.1) is 0 Å². The van der Waals surface area contributed by atoms with Crippen LogP contribution < -0.4 is 5.32 Å². The molecule has 0 saturated heterocycles. The van der Waals surface area contributed by atoms with Crippen LogP contribution in [0, 0.1) is 23.4 Å². The van der Waals surface area contributed by atoms with Crippen LogP contribution in [0.4, 0.5) is 13.2 Å². The summed E-state index contributed by atoms with van der Waals surface area (Å²) >= 11 is 5.63. The van der Waals surface area contributed by atoms with Gasteiger partial charge in [0.15, 0.2) is 11.6 Å². The van der Waals surface area contributed by atoms with Crippen molar-refractivity contribution in [1.82, 2.24) is 5.32 Å². The van der Waals surface area contributed by atoms with E-state index >= 15 is 0 Å². The lowest BCUT2D eigenvalue weighted by atomic mass is 10.0. The van der Waals surface area contributed by atoms with Gasteiger partial charge < -0.3 is 10.4 Å². The predicted octanol–water partition coefficient (Wildman–Crippen LogP) is 4.19. The molecule has 0 aromatic heterocycles. The molecule has 2 aromatic rings. The second-order valence-electron chi connectivity index (χ2n) is 6.45. The molecule has 2 N–H and O–H groups in total. The van der Waals surface area contributed by atoms with Gasteiger partial charge in [0.05, 0.1) is 17.5 Å². The Morgan fingerprint density at radius 3 is 2.48 bits per heavy atom. The molecule has 0 heterocycles. The first-order chi connectivity index (χ1) is 12.8. The molecule has 27 heavy (non-hydrogen) atoms. The molecule has 3 atom stereocenters. The van der Waals surface area contributed by atoms with E-state index in [1.54, 1.807) is 0 Å². The number of aliphatic carboxylic acids is 1. The number of hydrogen-bond acceptors (Lipinski definition) is 2. The molecular weight excluding hydrogens is 383 g/mol. The van der Waals surface area contributed by atoms with Gasteiger partial charge in [-0.25, -0.2) is 13.2 Å². The van der Waals surface area contributed by atoms with Crippen molar-refractivity contribution in [3.05, 3.63) is 70.0 Å². The number of carbonyl (C=O) groups excluding carboxylic acids is 1. The maximum atomic E-state index is 13.7. The minimum Gasteiger partial charge on any atom is -0.481 e. The standard InChI is InChI=1S/C19H15ClF3NO3/c20-13-3-1-10(6-15(13)22)17(8-18(25)26)24-19(27)12-7-11(12)9-2-4-14(21)16(23)5-9/h1-6,11-12,17H,7-8H2,(H,24,27)(H,25,26). The van der Waals surface area contributed by atoms with E-state index in [-0.39, 0.29) is 16.5 Å². The van der Waals surface area contributed by atoms with Crippen molar-refractivity contribution in [2.45, 2.75) is 24.8 Å². The van der Waals surface area contributed by atoms with E-state index < -0.39 is 47.7 Å². The van der Waals surface area contributed by atoms with Crippen LogP contribution in [0.1, 0.15) is 35.9 Å². The molecule has 1 saturated carbocycles. The summed E-state index contributed by atoms with van der Waals surface area (Å²) in [4.78, 5) is 23.6. The monoisotopic (exact) mass is 397 g/mol. The number of nitrogens with one attached hydrogen (secondary N) is 1. The Morgan fingerprint density at radius 1 is 1.11 bits per heavy atom. The molecule has 0 aliphatic heterocycles. The third kappa shape index (κ3) is 4.42. The molecule has 1 aliphatic carbocycles. The number of carbonyl (C=O) groups is 2. The fourth-order valence-electron chi connectivity index (χ4n) is 3.03. The molecule has 8 heteroatoms. The Morgan fingerprint density at radius 2 is 1.85 bits per heavy atom. The topological polar surface area (TPSA) is 66.4 Å². The SMILES string of the molecule is O=C(O)CC(NC(=O)C1CC1c1ccc(F)c(F)c1)c1ccc(Cl)c(F)c1. The van der Waals surface area contributed by atoms with E-state index in [1.807, 2.05) is 0 Å². The van der Waals surface area contributed by atoms with Gasteiger partial charge in [0, 0.05) is 5.92 Å². The summed E-state index contributed by atoms with van der Waals surface area (Å²) in [5, 5.41) is 11.6. The van der Waals surface area contributed by atoms with Crippen LogP contribution in [0.3, 0.4) is 0 Å². The van der Waals surface area contributed by atoms with Gasteiger partial charge >= 0.3 is 5.97 Å². The van der Waals surface area contributed by atoms with Gasteiger partial charge in [-0.2, -0.15) is 0 Å². The average Bonchev–Trinajstić information content (AvgIpc) is 3.39.